The summed E-state index contributed by atoms with van der Waals surface area (Å²) < 4.78 is 0. The number of amides is 1. The van der Waals surface area contributed by atoms with Crippen LogP contribution in [0, 0.1) is 6.92 Å². The van der Waals surface area contributed by atoms with Crippen molar-refractivity contribution < 1.29 is 9.63 Å². The summed E-state index contributed by atoms with van der Waals surface area (Å²) in [6.07, 6.45) is 4.70. The molecule has 29 heavy (non-hydrogen) atoms. The number of hydroxylamine groups is 1. The largest absolute Gasteiger partial charge is 0.329 e. The van der Waals surface area contributed by atoms with Gasteiger partial charge in [-0.25, -0.2) is 15.0 Å². The average Bonchev–Trinajstić information content (AvgIpc) is 3.21. The van der Waals surface area contributed by atoms with Crippen LogP contribution in [0.3, 0.4) is 0 Å². The van der Waals surface area contributed by atoms with Crippen LogP contribution in [0.1, 0.15) is 29.9 Å². The number of rotatable bonds is 3. The minimum Gasteiger partial charge on any atom is -0.329 e. The van der Waals surface area contributed by atoms with Gasteiger partial charge >= 0.3 is 0 Å². The molecule has 9 nitrogen and oxygen atoms in total. The standard InChI is InChI=1S/C20H23N7O2/c1-14-10-19(22-13-21-14)25-11-15(2)26(16(3)12-29-25)20(28)17-6-4-5-7-18(17)27-23-8-9-24-27/h4-10,13,15-16H,11-12H2,1-3H3/t15-,16+/m0/s1. The van der Waals surface area contributed by atoms with Crippen LogP contribution in [0.4, 0.5) is 5.82 Å². The summed E-state index contributed by atoms with van der Waals surface area (Å²) in [5.74, 6) is 0.606. The Morgan fingerprint density at radius 3 is 2.62 bits per heavy atom. The maximum Gasteiger partial charge on any atom is 0.256 e. The third kappa shape index (κ3) is 3.81. The zero-order chi connectivity index (χ0) is 20.4. The SMILES string of the molecule is Cc1cc(N2C[C@H](C)N(C(=O)c3ccccc3-n3nccn3)[C@H](C)CO2)ncn1. The Hall–Kier alpha value is -3.33. The van der Waals surface area contributed by atoms with Crippen molar-refractivity contribution in [2.24, 2.45) is 0 Å². The normalized spacial score (nSPS) is 19.8. The van der Waals surface area contributed by atoms with Crippen LogP contribution in [0.25, 0.3) is 5.69 Å². The van der Waals surface area contributed by atoms with Crippen molar-refractivity contribution in [1.82, 2.24) is 29.9 Å². The Labute approximate surface area is 168 Å². The molecular weight excluding hydrogens is 370 g/mol. The zero-order valence-electron chi connectivity index (χ0n) is 16.6. The summed E-state index contributed by atoms with van der Waals surface area (Å²) in [6, 6.07) is 9.00. The molecule has 1 saturated heterocycles. The van der Waals surface area contributed by atoms with Crippen molar-refractivity contribution in [3.05, 3.63) is 60.3 Å². The molecule has 1 aliphatic rings. The minimum absolute atomic E-state index is 0.0813. The van der Waals surface area contributed by atoms with Crippen LogP contribution in [0.15, 0.2) is 49.1 Å². The fourth-order valence-electron chi connectivity index (χ4n) is 3.54. The van der Waals surface area contributed by atoms with E-state index in [4.69, 9.17) is 4.84 Å². The molecule has 0 radical (unpaired) electrons. The van der Waals surface area contributed by atoms with Gasteiger partial charge < -0.3 is 4.90 Å². The third-order valence-corrected chi connectivity index (χ3v) is 4.90. The fraction of sp³-hybridized carbons (Fsp3) is 0.350. The molecule has 3 heterocycles. The molecule has 0 saturated carbocycles. The van der Waals surface area contributed by atoms with E-state index in [2.05, 4.69) is 20.2 Å². The van der Waals surface area contributed by atoms with Gasteiger partial charge in [0.15, 0.2) is 5.82 Å². The predicted molar refractivity (Wildman–Crippen MR) is 107 cm³/mol. The molecule has 0 spiro atoms. The Morgan fingerprint density at radius 2 is 1.86 bits per heavy atom. The number of anilines is 1. The molecule has 4 rings (SSSR count). The second kappa shape index (κ2) is 7.96. The van der Waals surface area contributed by atoms with E-state index in [9.17, 15) is 4.79 Å². The van der Waals surface area contributed by atoms with Crippen LogP contribution < -0.4 is 5.06 Å². The maximum absolute atomic E-state index is 13.5. The van der Waals surface area contributed by atoms with Crippen LogP contribution in [-0.2, 0) is 4.84 Å². The molecule has 0 bridgehead atoms. The lowest BCUT2D eigenvalue weighted by atomic mass is 10.1. The van der Waals surface area contributed by atoms with Crippen LogP contribution in [0.5, 0.6) is 0 Å². The number of hydrogen-bond acceptors (Lipinski definition) is 7. The Balaban J connectivity index is 1.63. The molecular formula is C20H23N7O2. The number of aromatic nitrogens is 5. The molecule has 150 valence electrons. The number of para-hydroxylation sites is 1. The van der Waals surface area contributed by atoms with Gasteiger partial charge in [0, 0.05) is 17.8 Å². The molecule has 0 N–H and O–H groups in total. The summed E-state index contributed by atoms with van der Waals surface area (Å²) in [5.41, 5.74) is 2.06. The number of carbonyl (C=O) groups is 1. The lowest BCUT2D eigenvalue weighted by molar-refractivity contribution is 0.0545. The van der Waals surface area contributed by atoms with Gasteiger partial charge in [-0.1, -0.05) is 12.1 Å². The molecule has 2 aromatic heterocycles. The third-order valence-electron chi connectivity index (χ3n) is 4.90. The van der Waals surface area contributed by atoms with Crippen molar-refractivity contribution in [2.75, 3.05) is 18.2 Å². The molecule has 1 aromatic carbocycles. The summed E-state index contributed by atoms with van der Waals surface area (Å²) >= 11 is 0. The van der Waals surface area contributed by atoms with E-state index in [0.717, 1.165) is 5.69 Å². The lowest BCUT2D eigenvalue weighted by Gasteiger charge is -2.32. The predicted octanol–water partition coefficient (Wildman–Crippen LogP) is 2.04. The van der Waals surface area contributed by atoms with Crippen molar-refractivity contribution in [3.8, 4) is 5.69 Å². The number of aryl methyl sites for hydroxylation is 1. The highest BCUT2D eigenvalue weighted by Gasteiger charge is 2.33. The molecule has 1 amide bonds. The van der Waals surface area contributed by atoms with Gasteiger partial charge in [0.2, 0.25) is 0 Å². The van der Waals surface area contributed by atoms with E-state index >= 15 is 0 Å². The molecule has 0 aliphatic carbocycles. The van der Waals surface area contributed by atoms with Gasteiger partial charge in [0.05, 0.1) is 42.8 Å². The van der Waals surface area contributed by atoms with E-state index in [1.165, 1.54) is 11.1 Å². The lowest BCUT2D eigenvalue weighted by Crippen LogP contribution is -2.47. The monoisotopic (exact) mass is 393 g/mol. The minimum atomic E-state index is -0.121. The van der Waals surface area contributed by atoms with Crippen LogP contribution >= 0.6 is 0 Å². The Kier molecular flexibility index (Phi) is 5.22. The van der Waals surface area contributed by atoms with Gasteiger partial charge in [-0.2, -0.15) is 15.0 Å². The average molecular weight is 393 g/mol. The van der Waals surface area contributed by atoms with Crippen molar-refractivity contribution in [3.63, 3.8) is 0 Å². The second-order valence-electron chi connectivity index (χ2n) is 7.12. The Bertz CT molecular complexity index is 992. The van der Waals surface area contributed by atoms with Gasteiger partial charge in [0.25, 0.3) is 5.91 Å². The first-order valence-electron chi connectivity index (χ1n) is 9.52. The summed E-state index contributed by atoms with van der Waals surface area (Å²) in [7, 11) is 0. The highest BCUT2D eigenvalue weighted by atomic mass is 16.7. The molecule has 1 aliphatic heterocycles. The van der Waals surface area contributed by atoms with E-state index in [-0.39, 0.29) is 18.0 Å². The molecule has 9 heteroatoms. The molecule has 0 unspecified atom stereocenters. The van der Waals surface area contributed by atoms with Crippen molar-refractivity contribution in [2.45, 2.75) is 32.9 Å². The first-order valence-corrected chi connectivity index (χ1v) is 9.52. The van der Waals surface area contributed by atoms with Gasteiger partial charge in [0.1, 0.15) is 6.33 Å². The van der Waals surface area contributed by atoms with Crippen LogP contribution in [0.2, 0.25) is 0 Å². The number of benzene rings is 1. The van der Waals surface area contributed by atoms with Crippen LogP contribution in [-0.4, -0.2) is 61.0 Å². The van der Waals surface area contributed by atoms with E-state index < -0.39 is 0 Å². The van der Waals surface area contributed by atoms with Crippen molar-refractivity contribution >= 4 is 11.7 Å². The molecule has 1 fully saturated rings. The van der Waals surface area contributed by atoms with Gasteiger partial charge in [-0.3, -0.25) is 9.63 Å². The van der Waals surface area contributed by atoms with E-state index in [1.54, 1.807) is 23.5 Å². The first-order chi connectivity index (χ1) is 14.0. The summed E-state index contributed by atoms with van der Waals surface area (Å²) in [6.45, 7) is 6.76. The van der Waals surface area contributed by atoms with Crippen molar-refractivity contribution in [1.29, 1.82) is 0 Å². The fourth-order valence-corrected chi connectivity index (χ4v) is 3.54. The second-order valence-corrected chi connectivity index (χ2v) is 7.12. The summed E-state index contributed by atoms with van der Waals surface area (Å²) in [4.78, 5) is 31.3. The van der Waals surface area contributed by atoms with Gasteiger partial charge in [-0.05, 0) is 32.9 Å². The number of nitrogens with zero attached hydrogens (tertiary/aromatic N) is 7. The topological polar surface area (TPSA) is 89.3 Å². The highest BCUT2D eigenvalue weighted by Crippen LogP contribution is 2.23. The number of carbonyl (C=O) groups excluding carboxylic acids is 1. The summed E-state index contributed by atoms with van der Waals surface area (Å²) in [5, 5.41) is 10.1. The Morgan fingerprint density at radius 1 is 1.10 bits per heavy atom. The first kappa shape index (κ1) is 19.0. The van der Waals surface area contributed by atoms with Gasteiger partial charge in [-0.15, -0.1) is 0 Å². The zero-order valence-corrected chi connectivity index (χ0v) is 16.6. The quantitative estimate of drug-likeness (QED) is 0.673. The van der Waals surface area contributed by atoms with E-state index in [0.29, 0.717) is 30.2 Å². The van der Waals surface area contributed by atoms with E-state index in [1.807, 2.05) is 49.9 Å². The molecule has 2 atom stereocenters. The number of hydrogen-bond donors (Lipinski definition) is 0. The smallest absolute Gasteiger partial charge is 0.256 e. The highest BCUT2D eigenvalue weighted by molar-refractivity contribution is 5.98. The molecule has 3 aromatic rings. The maximum atomic E-state index is 13.5.